The van der Waals surface area contributed by atoms with Crippen LogP contribution in [0, 0.1) is 19.8 Å². The van der Waals surface area contributed by atoms with Gasteiger partial charge in [0.25, 0.3) is 0 Å². The topological polar surface area (TPSA) is 68.8 Å². The Kier molecular flexibility index (Phi) is 6.15. The van der Waals surface area contributed by atoms with Crippen LogP contribution in [0.5, 0.6) is 0 Å². The van der Waals surface area contributed by atoms with Crippen LogP contribution in [0.15, 0.2) is 36.9 Å². The minimum absolute atomic E-state index is 0.0291. The van der Waals surface area contributed by atoms with Gasteiger partial charge in [-0.1, -0.05) is 26.0 Å². The number of hydrogen-bond acceptors (Lipinski definition) is 4. The van der Waals surface area contributed by atoms with Crippen molar-refractivity contribution in [3.05, 3.63) is 59.4 Å². The van der Waals surface area contributed by atoms with Crippen molar-refractivity contribution in [3.63, 3.8) is 0 Å². The number of rotatable bonds is 7. The van der Waals surface area contributed by atoms with Crippen LogP contribution < -0.4 is 0 Å². The van der Waals surface area contributed by atoms with Crippen molar-refractivity contribution in [2.45, 2.75) is 53.6 Å². The van der Waals surface area contributed by atoms with Gasteiger partial charge in [0, 0.05) is 24.8 Å². The van der Waals surface area contributed by atoms with Gasteiger partial charge in [-0.15, -0.1) is 0 Å². The molecule has 0 aliphatic heterocycles. The molecular formula is C22H30N6O. The number of hydrogen-bond donors (Lipinski definition) is 0. The maximum absolute atomic E-state index is 13.0. The number of aromatic nitrogens is 5. The van der Waals surface area contributed by atoms with E-state index in [0.717, 1.165) is 34.7 Å². The molecule has 2 aromatic heterocycles. The Morgan fingerprint density at radius 3 is 2.41 bits per heavy atom. The Hall–Kier alpha value is -2.96. The van der Waals surface area contributed by atoms with Crippen LogP contribution in [0.4, 0.5) is 0 Å². The van der Waals surface area contributed by atoms with Crippen molar-refractivity contribution in [1.82, 2.24) is 29.4 Å². The molecule has 0 spiro atoms. The molecule has 29 heavy (non-hydrogen) atoms. The molecule has 0 aliphatic rings. The van der Waals surface area contributed by atoms with E-state index >= 15 is 0 Å². The van der Waals surface area contributed by atoms with E-state index in [2.05, 4.69) is 36.0 Å². The lowest BCUT2D eigenvalue weighted by molar-refractivity contribution is -0.131. The van der Waals surface area contributed by atoms with Crippen LogP contribution in [0.25, 0.3) is 5.69 Å². The summed E-state index contributed by atoms with van der Waals surface area (Å²) < 4.78 is 3.73. The summed E-state index contributed by atoms with van der Waals surface area (Å²) >= 11 is 0. The van der Waals surface area contributed by atoms with E-state index in [1.54, 1.807) is 11.0 Å². The Labute approximate surface area is 172 Å². The maximum atomic E-state index is 13.0. The average molecular weight is 395 g/mol. The van der Waals surface area contributed by atoms with E-state index in [4.69, 9.17) is 0 Å². The fourth-order valence-electron chi connectivity index (χ4n) is 3.48. The van der Waals surface area contributed by atoms with Crippen molar-refractivity contribution >= 4 is 5.91 Å². The first-order valence-corrected chi connectivity index (χ1v) is 10.0. The summed E-state index contributed by atoms with van der Waals surface area (Å²) in [7, 11) is 1.86. The molecule has 0 saturated carbocycles. The third-order valence-corrected chi connectivity index (χ3v) is 5.43. The van der Waals surface area contributed by atoms with Crippen LogP contribution in [0.2, 0.25) is 0 Å². The second-order valence-corrected chi connectivity index (χ2v) is 8.01. The summed E-state index contributed by atoms with van der Waals surface area (Å²) in [5.74, 6) is 0.605. The van der Waals surface area contributed by atoms with Gasteiger partial charge in [-0.2, -0.15) is 10.2 Å². The fourth-order valence-corrected chi connectivity index (χ4v) is 3.48. The number of likely N-dealkylation sites (N-methyl/N-ethyl adjacent to an activating group) is 1. The highest BCUT2D eigenvalue weighted by atomic mass is 16.2. The summed E-state index contributed by atoms with van der Waals surface area (Å²) in [6.07, 6.45) is 3.54. The van der Waals surface area contributed by atoms with Gasteiger partial charge < -0.3 is 4.90 Å². The molecule has 154 valence electrons. The summed E-state index contributed by atoms with van der Waals surface area (Å²) in [5.41, 5.74) is 5.08. The second-order valence-electron chi connectivity index (χ2n) is 8.01. The quantitative estimate of drug-likeness (QED) is 0.615. The van der Waals surface area contributed by atoms with Crippen LogP contribution in [0.1, 0.15) is 49.3 Å². The lowest BCUT2D eigenvalue weighted by Crippen LogP contribution is -2.31. The monoisotopic (exact) mass is 394 g/mol. The molecule has 3 aromatic rings. The van der Waals surface area contributed by atoms with Crippen molar-refractivity contribution < 1.29 is 4.79 Å². The van der Waals surface area contributed by atoms with E-state index in [1.807, 2.05) is 54.7 Å². The van der Waals surface area contributed by atoms with Crippen LogP contribution in [-0.2, 0) is 17.8 Å². The number of amides is 1. The van der Waals surface area contributed by atoms with Crippen molar-refractivity contribution in [2.75, 3.05) is 7.05 Å². The van der Waals surface area contributed by atoms with Gasteiger partial charge in [0.05, 0.1) is 23.8 Å². The van der Waals surface area contributed by atoms with Gasteiger partial charge in [-0.3, -0.25) is 9.48 Å². The summed E-state index contributed by atoms with van der Waals surface area (Å²) in [4.78, 5) is 18.8. The van der Waals surface area contributed by atoms with E-state index in [-0.39, 0.29) is 11.9 Å². The van der Waals surface area contributed by atoms with E-state index in [1.165, 1.54) is 6.33 Å². The van der Waals surface area contributed by atoms with Crippen molar-refractivity contribution in [3.8, 4) is 5.69 Å². The van der Waals surface area contributed by atoms with Gasteiger partial charge in [0.15, 0.2) is 0 Å². The third kappa shape index (κ3) is 4.55. The zero-order valence-electron chi connectivity index (χ0n) is 18.1. The van der Waals surface area contributed by atoms with Gasteiger partial charge in [-0.05, 0) is 44.4 Å². The van der Waals surface area contributed by atoms with E-state index in [9.17, 15) is 4.79 Å². The van der Waals surface area contributed by atoms with Crippen LogP contribution in [0.3, 0.4) is 0 Å². The summed E-state index contributed by atoms with van der Waals surface area (Å²) in [6.45, 7) is 11.3. The molecule has 1 aromatic carbocycles. The highest BCUT2D eigenvalue weighted by Gasteiger charge is 2.21. The minimum atomic E-state index is -0.0291. The first-order valence-electron chi connectivity index (χ1n) is 10.0. The Morgan fingerprint density at radius 2 is 1.83 bits per heavy atom. The normalized spacial score (nSPS) is 12.4. The highest BCUT2D eigenvalue weighted by molar-refractivity contribution is 5.79. The first kappa shape index (κ1) is 20.8. The second kappa shape index (κ2) is 8.59. The lowest BCUT2D eigenvalue weighted by atomic mass is 10.0. The molecular weight excluding hydrogens is 364 g/mol. The van der Waals surface area contributed by atoms with Crippen LogP contribution in [-0.4, -0.2) is 42.4 Å². The van der Waals surface area contributed by atoms with Crippen molar-refractivity contribution in [1.29, 1.82) is 0 Å². The molecule has 0 unspecified atom stereocenters. The van der Waals surface area contributed by atoms with E-state index in [0.29, 0.717) is 12.3 Å². The minimum Gasteiger partial charge on any atom is -0.339 e. The molecule has 0 saturated heterocycles. The Balaban J connectivity index is 1.71. The fraction of sp³-hybridized carbons (Fsp3) is 0.455. The first-order chi connectivity index (χ1) is 13.8. The third-order valence-electron chi connectivity index (χ3n) is 5.43. The standard InChI is InChI=1S/C22H30N6O/c1-15(2)12-27-18(5)21(16(3)25-27)11-22(29)26(6)17(4)19-7-9-20(10-8-19)28-14-23-13-24-28/h7-10,13-15,17H,11-12H2,1-6H3/t17-/m1/s1. The van der Waals surface area contributed by atoms with Gasteiger partial charge >= 0.3 is 0 Å². The Morgan fingerprint density at radius 1 is 1.14 bits per heavy atom. The van der Waals surface area contributed by atoms with Gasteiger partial charge in [0.2, 0.25) is 5.91 Å². The lowest BCUT2D eigenvalue weighted by Gasteiger charge is -2.25. The average Bonchev–Trinajstić information content (AvgIpc) is 3.31. The number of carbonyl (C=O) groups excluding carboxylic acids is 1. The van der Waals surface area contributed by atoms with Crippen LogP contribution >= 0.6 is 0 Å². The molecule has 7 heteroatoms. The molecule has 0 N–H and O–H groups in total. The summed E-state index contributed by atoms with van der Waals surface area (Å²) in [6, 6.07) is 8.01. The highest BCUT2D eigenvalue weighted by Crippen LogP contribution is 2.22. The van der Waals surface area contributed by atoms with Crippen molar-refractivity contribution in [2.24, 2.45) is 5.92 Å². The SMILES string of the molecule is Cc1nn(CC(C)C)c(C)c1CC(=O)N(C)[C@H](C)c1ccc(-n2cncn2)cc1. The molecule has 0 radical (unpaired) electrons. The van der Waals surface area contributed by atoms with E-state index < -0.39 is 0 Å². The molecule has 2 heterocycles. The molecule has 3 rings (SSSR count). The molecule has 0 bridgehead atoms. The molecule has 0 aliphatic carbocycles. The molecule has 0 fully saturated rings. The zero-order valence-corrected chi connectivity index (χ0v) is 18.1. The predicted octanol–water partition coefficient (Wildman–Crippen LogP) is 3.50. The number of carbonyl (C=O) groups is 1. The maximum Gasteiger partial charge on any atom is 0.227 e. The summed E-state index contributed by atoms with van der Waals surface area (Å²) in [5, 5.41) is 8.77. The van der Waals surface area contributed by atoms with Gasteiger partial charge in [0.1, 0.15) is 12.7 Å². The molecule has 1 amide bonds. The number of aryl methyl sites for hydroxylation is 1. The zero-order chi connectivity index (χ0) is 21.1. The Bertz CT molecular complexity index is 956. The molecule has 1 atom stereocenters. The number of benzene rings is 1. The predicted molar refractivity (Wildman–Crippen MR) is 113 cm³/mol. The largest absolute Gasteiger partial charge is 0.339 e. The van der Waals surface area contributed by atoms with Gasteiger partial charge in [-0.25, -0.2) is 9.67 Å². The molecule has 7 nitrogen and oxygen atoms in total. The smallest absolute Gasteiger partial charge is 0.227 e. The number of nitrogens with zero attached hydrogens (tertiary/aromatic N) is 6.